The molecule has 1 aliphatic carbocycles. The topological polar surface area (TPSA) is 36.4 Å². The minimum Gasteiger partial charge on any atom is -0.395 e. The Morgan fingerprint density at radius 1 is 1.30 bits per heavy atom. The highest BCUT2D eigenvalue weighted by atomic mass is 32.1. The third kappa shape index (κ3) is 4.27. The highest BCUT2D eigenvalue weighted by Gasteiger charge is 2.23. The Balaban J connectivity index is 2.01. The Morgan fingerprint density at radius 2 is 2.00 bits per heavy atom. The van der Waals surface area contributed by atoms with Gasteiger partial charge in [0.05, 0.1) is 17.3 Å². The summed E-state index contributed by atoms with van der Waals surface area (Å²) in [5.74, 6) is 0. The lowest BCUT2D eigenvalue weighted by Gasteiger charge is -2.33. The molecule has 0 aromatic carbocycles. The molecule has 0 radical (unpaired) electrons. The van der Waals surface area contributed by atoms with Crippen molar-refractivity contribution in [1.29, 1.82) is 0 Å². The summed E-state index contributed by atoms with van der Waals surface area (Å²) < 4.78 is 0. The molecule has 0 saturated heterocycles. The normalized spacial score (nSPS) is 17.9. The fourth-order valence-corrected chi connectivity index (χ4v) is 3.80. The van der Waals surface area contributed by atoms with E-state index < -0.39 is 0 Å². The van der Waals surface area contributed by atoms with Gasteiger partial charge in [0, 0.05) is 29.9 Å². The van der Waals surface area contributed by atoms with Crippen LogP contribution in [0.1, 0.15) is 63.6 Å². The van der Waals surface area contributed by atoms with Gasteiger partial charge in [0.1, 0.15) is 0 Å². The van der Waals surface area contributed by atoms with Crippen LogP contribution in [0, 0.1) is 0 Å². The Kier molecular flexibility index (Phi) is 5.58. The van der Waals surface area contributed by atoms with Gasteiger partial charge in [-0.15, -0.1) is 11.3 Å². The van der Waals surface area contributed by atoms with E-state index in [-0.39, 0.29) is 12.0 Å². The maximum Gasteiger partial charge on any atom is 0.0982 e. The van der Waals surface area contributed by atoms with E-state index in [2.05, 4.69) is 31.1 Å². The summed E-state index contributed by atoms with van der Waals surface area (Å²) in [5.41, 5.74) is 1.30. The summed E-state index contributed by atoms with van der Waals surface area (Å²) in [6.07, 6.45) is 6.58. The summed E-state index contributed by atoms with van der Waals surface area (Å²) in [5, 5.41) is 12.7. The van der Waals surface area contributed by atoms with E-state index in [1.165, 1.54) is 42.8 Å². The average molecular weight is 296 g/mol. The van der Waals surface area contributed by atoms with E-state index in [0.29, 0.717) is 6.04 Å². The van der Waals surface area contributed by atoms with Crippen molar-refractivity contribution in [1.82, 2.24) is 9.88 Å². The molecular formula is C16H28N2OS. The number of hydrogen-bond donors (Lipinski definition) is 1. The van der Waals surface area contributed by atoms with Gasteiger partial charge < -0.3 is 5.11 Å². The van der Waals surface area contributed by atoms with Crippen LogP contribution < -0.4 is 0 Å². The third-order valence-electron chi connectivity index (χ3n) is 4.04. The molecular weight excluding hydrogens is 268 g/mol. The van der Waals surface area contributed by atoms with E-state index >= 15 is 0 Å². The number of hydrogen-bond acceptors (Lipinski definition) is 4. The van der Waals surface area contributed by atoms with Gasteiger partial charge >= 0.3 is 0 Å². The predicted molar refractivity (Wildman–Crippen MR) is 85.2 cm³/mol. The van der Waals surface area contributed by atoms with Gasteiger partial charge in [0.15, 0.2) is 0 Å². The number of thiazole rings is 1. The Bertz CT molecular complexity index is 405. The molecule has 1 saturated carbocycles. The van der Waals surface area contributed by atoms with Crippen LogP contribution in [0.5, 0.6) is 0 Å². The zero-order chi connectivity index (χ0) is 14.6. The first kappa shape index (κ1) is 15.9. The first-order chi connectivity index (χ1) is 9.50. The first-order valence-electron chi connectivity index (χ1n) is 7.80. The zero-order valence-electron chi connectivity index (χ0n) is 13.1. The van der Waals surface area contributed by atoms with E-state index in [1.54, 1.807) is 11.3 Å². The van der Waals surface area contributed by atoms with Crippen molar-refractivity contribution >= 4 is 11.3 Å². The van der Waals surface area contributed by atoms with Crippen LogP contribution in [0.4, 0.5) is 0 Å². The van der Waals surface area contributed by atoms with Crippen LogP contribution in [0.2, 0.25) is 0 Å². The number of aromatic nitrogens is 1. The second kappa shape index (κ2) is 7.01. The molecule has 0 aliphatic heterocycles. The van der Waals surface area contributed by atoms with Gasteiger partial charge in [-0.1, -0.05) is 40.0 Å². The fourth-order valence-electron chi connectivity index (χ4n) is 2.90. The molecule has 0 unspecified atom stereocenters. The van der Waals surface area contributed by atoms with Crippen molar-refractivity contribution in [3.05, 3.63) is 16.1 Å². The van der Waals surface area contributed by atoms with Gasteiger partial charge in [0.25, 0.3) is 0 Å². The lowest BCUT2D eigenvalue weighted by molar-refractivity contribution is 0.116. The number of rotatable bonds is 5. The van der Waals surface area contributed by atoms with Gasteiger partial charge in [-0.3, -0.25) is 4.90 Å². The van der Waals surface area contributed by atoms with Gasteiger partial charge in [-0.2, -0.15) is 0 Å². The van der Waals surface area contributed by atoms with Gasteiger partial charge in [0.2, 0.25) is 0 Å². The summed E-state index contributed by atoms with van der Waals surface area (Å²) in [4.78, 5) is 7.22. The monoisotopic (exact) mass is 296 g/mol. The van der Waals surface area contributed by atoms with Gasteiger partial charge in [-0.25, -0.2) is 4.98 Å². The maximum absolute atomic E-state index is 9.32. The third-order valence-corrected chi connectivity index (χ3v) is 5.35. The van der Waals surface area contributed by atoms with Crippen LogP contribution in [0.25, 0.3) is 0 Å². The van der Waals surface area contributed by atoms with E-state index in [9.17, 15) is 5.11 Å². The molecule has 0 spiro atoms. The summed E-state index contributed by atoms with van der Waals surface area (Å²) >= 11 is 1.76. The fraction of sp³-hybridized carbons (Fsp3) is 0.812. The second-order valence-electron chi connectivity index (χ2n) is 6.88. The number of aliphatic hydroxyl groups is 1. The van der Waals surface area contributed by atoms with Crippen molar-refractivity contribution < 1.29 is 5.11 Å². The molecule has 0 bridgehead atoms. The summed E-state index contributed by atoms with van der Waals surface area (Å²) in [7, 11) is 0. The van der Waals surface area contributed by atoms with Crippen LogP contribution in [-0.4, -0.2) is 34.2 Å². The van der Waals surface area contributed by atoms with Crippen molar-refractivity contribution in [2.45, 2.75) is 70.9 Å². The molecule has 1 aromatic heterocycles. The molecule has 1 heterocycles. The molecule has 4 heteroatoms. The standard InChI is InChI=1S/C16H28N2OS/c1-16(2,3)15-17-13(12-20-15)11-18(9-10-19)14-7-5-4-6-8-14/h12,14,19H,4-11H2,1-3H3. The van der Waals surface area contributed by atoms with Crippen molar-refractivity contribution in [2.24, 2.45) is 0 Å². The Morgan fingerprint density at radius 3 is 2.55 bits per heavy atom. The smallest absolute Gasteiger partial charge is 0.0982 e. The van der Waals surface area contributed by atoms with Crippen molar-refractivity contribution in [3.8, 4) is 0 Å². The average Bonchev–Trinajstić information content (AvgIpc) is 2.88. The quantitative estimate of drug-likeness (QED) is 0.902. The molecule has 1 aliphatic rings. The molecule has 1 fully saturated rings. The van der Waals surface area contributed by atoms with Crippen LogP contribution in [-0.2, 0) is 12.0 Å². The number of nitrogens with zero attached hydrogens (tertiary/aromatic N) is 2. The highest BCUT2D eigenvalue weighted by molar-refractivity contribution is 7.09. The molecule has 2 rings (SSSR count). The van der Waals surface area contributed by atoms with Crippen LogP contribution >= 0.6 is 11.3 Å². The van der Waals surface area contributed by atoms with E-state index in [4.69, 9.17) is 4.98 Å². The Hall–Kier alpha value is -0.450. The van der Waals surface area contributed by atoms with Crippen LogP contribution in [0.15, 0.2) is 5.38 Å². The predicted octanol–water partition coefficient (Wildman–Crippen LogP) is 3.57. The lowest BCUT2D eigenvalue weighted by atomic mass is 9.94. The SMILES string of the molecule is CC(C)(C)c1nc(CN(CCO)C2CCCCC2)cs1. The molecule has 20 heavy (non-hydrogen) atoms. The van der Waals surface area contributed by atoms with Crippen molar-refractivity contribution in [2.75, 3.05) is 13.2 Å². The molecule has 0 atom stereocenters. The molecule has 114 valence electrons. The highest BCUT2D eigenvalue weighted by Crippen LogP contribution is 2.28. The minimum absolute atomic E-state index is 0.134. The number of aliphatic hydroxyl groups excluding tert-OH is 1. The molecule has 1 N–H and O–H groups in total. The van der Waals surface area contributed by atoms with E-state index in [0.717, 1.165) is 13.1 Å². The zero-order valence-corrected chi connectivity index (χ0v) is 13.9. The molecule has 0 amide bonds. The maximum atomic E-state index is 9.32. The second-order valence-corrected chi connectivity index (χ2v) is 7.74. The summed E-state index contributed by atoms with van der Waals surface area (Å²) in [6, 6.07) is 0.635. The first-order valence-corrected chi connectivity index (χ1v) is 8.68. The molecule has 1 aromatic rings. The minimum atomic E-state index is 0.134. The van der Waals surface area contributed by atoms with Crippen LogP contribution in [0.3, 0.4) is 0 Å². The summed E-state index contributed by atoms with van der Waals surface area (Å²) in [6.45, 7) is 8.53. The largest absolute Gasteiger partial charge is 0.395 e. The molecule has 3 nitrogen and oxygen atoms in total. The van der Waals surface area contributed by atoms with Crippen molar-refractivity contribution in [3.63, 3.8) is 0 Å². The lowest BCUT2D eigenvalue weighted by Crippen LogP contribution is -2.38. The Labute approximate surface area is 127 Å². The van der Waals surface area contributed by atoms with E-state index in [1.807, 2.05) is 0 Å². The van der Waals surface area contributed by atoms with Gasteiger partial charge in [-0.05, 0) is 12.8 Å².